The molecule has 0 saturated heterocycles. The highest BCUT2D eigenvalue weighted by Gasteiger charge is 2.15. The average Bonchev–Trinajstić information content (AvgIpc) is 2.42. The number of rotatable bonds is 2. The Morgan fingerprint density at radius 2 is 1.90 bits per heavy atom. The fourth-order valence-electron chi connectivity index (χ4n) is 2.21. The first-order valence-corrected chi connectivity index (χ1v) is 6.30. The van der Waals surface area contributed by atoms with E-state index in [1.165, 1.54) is 6.07 Å². The number of para-hydroxylation sites is 1. The Kier molecular flexibility index (Phi) is 2.95. The molecular weight excluding hydrogens is 280 g/mol. The first kappa shape index (κ1) is 12.7. The van der Waals surface area contributed by atoms with Gasteiger partial charge < -0.3 is 9.52 Å². The molecule has 3 aromatic rings. The van der Waals surface area contributed by atoms with Crippen molar-refractivity contribution in [1.82, 2.24) is 0 Å². The molecule has 0 aliphatic heterocycles. The van der Waals surface area contributed by atoms with E-state index in [1.807, 2.05) is 0 Å². The van der Waals surface area contributed by atoms with Gasteiger partial charge >= 0.3 is 5.97 Å². The summed E-state index contributed by atoms with van der Waals surface area (Å²) in [5.41, 5.74) is 0.784. The second-order valence-corrected chi connectivity index (χ2v) is 4.81. The third-order valence-electron chi connectivity index (χ3n) is 3.12. The zero-order chi connectivity index (χ0) is 14.3. The minimum absolute atomic E-state index is 0.190. The molecule has 0 atom stereocenters. The highest BCUT2D eigenvalue weighted by molar-refractivity contribution is 6.32. The smallest absolute Gasteiger partial charge is 0.308 e. The molecule has 0 amide bonds. The van der Waals surface area contributed by atoms with Gasteiger partial charge in [0.25, 0.3) is 0 Å². The lowest BCUT2D eigenvalue weighted by Gasteiger charge is -2.07. The second-order valence-electron chi connectivity index (χ2n) is 4.40. The maximum absolute atomic E-state index is 12.4. The van der Waals surface area contributed by atoms with Crippen LogP contribution < -0.4 is 5.43 Å². The Hall–Kier alpha value is -2.33. The molecule has 0 fully saturated rings. The minimum Gasteiger partial charge on any atom is -0.481 e. The van der Waals surface area contributed by atoms with Crippen molar-refractivity contribution in [3.63, 3.8) is 0 Å². The van der Waals surface area contributed by atoms with Crippen LogP contribution in [0.4, 0.5) is 0 Å². The topological polar surface area (TPSA) is 67.5 Å². The number of hydrogen-bond donors (Lipinski definition) is 1. The highest BCUT2D eigenvalue weighted by atomic mass is 35.5. The lowest BCUT2D eigenvalue weighted by atomic mass is 10.1. The molecule has 1 heterocycles. The van der Waals surface area contributed by atoms with Crippen molar-refractivity contribution >= 4 is 39.5 Å². The Morgan fingerprint density at radius 1 is 1.15 bits per heavy atom. The molecule has 0 unspecified atom stereocenters. The second kappa shape index (κ2) is 4.65. The van der Waals surface area contributed by atoms with Crippen LogP contribution in [0.5, 0.6) is 0 Å². The van der Waals surface area contributed by atoms with E-state index < -0.39 is 5.97 Å². The van der Waals surface area contributed by atoms with E-state index in [0.29, 0.717) is 21.9 Å². The monoisotopic (exact) mass is 288 g/mol. The standard InChI is InChI=1S/C15H9ClO4/c16-11-6-5-9-14(19)8-3-1-2-4-12(8)20-15(9)10(11)7-13(17)18/h1-6H,7H2,(H,17,18). The number of carboxylic acids is 1. The molecule has 0 saturated carbocycles. The normalized spacial score (nSPS) is 11.1. The molecule has 4 nitrogen and oxygen atoms in total. The molecule has 0 aliphatic rings. The number of hydrogen-bond acceptors (Lipinski definition) is 3. The van der Waals surface area contributed by atoms with E-state index in [2.05, 4.69) is 0 Å². The maximum Gasteiger partial charge on any atom is 0.308 e. The van der Waals surface area contributed by atoms with Crippen LogP contribution in [-0.2, 0) is 11.2 Å². The molecule has 0 spiro atoms. The van der Waals surface area contributed by atoms with Crippen LogP contribution in [0.2, 0.25) is 5.02 Å². The van der Waals surface area contributed by atoms with Crippen LogP contribution >= 0.6 is 11.6 Å². The van der Waals surface area contributed by atoms with Gasteiger partial charge in [-0.25, -0.2) is 0 Å². The number of carbonyl (C=O) groups is 1. The maximum atomic E-state index is 12.4. The van der Waals surface area contributed by atoms with Crippen LogP contribution in [0, 0.1) is 0 Å². The first-order chi connectivity index (χ1) is 9.58. The van der Waals surface area contributed by atoms with Crippen molar-refractivity contribution in [2.75, 3.05) is 0 Å². The number of benzene rings is 2. The summed E-state index contributed by atoms with van der Waals surface area (Å²) in [6, 6.07) is 9.92. The molecule has 1 aromatic heterocycles. The Labute approximate surface area is 118 Å². The lowest BCUT2D eigenvalue weighted by molar-refractivity contribution is -0.136. The largest absolute Gasteiger partial charge is 0.481 e. The van der Waals surface area contributed by atoms with Gasteiger partial charge in [-0.05, 0) is 24.3 Å². The number of halogens is 1. The highest BCUT2D eigenvalue weighted by Crippen LogP contribution is 2.27. The summed E-state index contributed by atoms with van der Waals surface area (Å²) in [5.74, 6) is -1.03. The van der Waals surface area contributed by atoms with Gasteiger partial charge in [-0.2, -0.15) is 0 Å². The molecule has 20 heavy (non-hydrogen) atoms. The third-order valence-corrected chi connectivity index (χ3v) is 3.47. The Bertz CT molecular complexity index is 895. The van der Waals surface area contributed by atoms with E-state index in [9.17, 15) is 9.59 Å². The van der Waals surface area contributed by atoms with Crippen molar-refractivity contribution in [2.24, 2.45) is 0 Å². The summed E-state index contributed by atoms with van der Waals surface area (Å²) in [6.45, 7) is 0. The summed E-state index contributed by atoms with van der Waals surface area (Å²) in [5, 5.41) is 10.0. The van der Waals surface area contributed by atoms with Crippen LogP contribution in [0.3, 0.4) is 0 Å². The fourth-order valence-corrected chi connectivity index (χ4v) is 2.43. The summed E-state index contributed by atoms with van der Waals surface area (Å²) >= 11 is 6.03. The number of carboxylic acid groups (broad SMARTS) is 1. The average molecular weight is 289 g/mol. The summed E-state index contributed by atoms with van der Waals surface area (Å²) in [4.78, 5) is 23.3. The van der Waals surface area contributed by atoms with E-state index in [-0.39, 0.29) is 22.5 Å². The van der Waals surface area contributed by atoms with Gasteiger partial charge in [-0.3, -0.25) is 9.59 Å². The molecule has 0 radical (unpaired) electrons. The van der Waals surface area contributed by atoms with Crippen LogP contribution in [0.15, 0.2) is 45.6 Å². The summed E-state index contributed by atoms with van der Waals surface area (Å²) in [7, 11) is 0. The first-order valence-electron chi connectivity index (χ1n) is 5.92. The van der Waals surface area contributed by atoms with Gasteiger partial charge in [0.05, 0.1) is 17.2 Å². The molecule has 3 rings (SSSR count). The van der Waals surface area contributed by atoms with Crippen molar-refractivity contribution in [3.8, 4) is 0 Å². The quantitative estimate of drug-likeness (QED) is 0.735. The molecule has 2 aromatic carbocycles. The number of aliphatic carboxylic acids is 1. The fraction of sp³-hybridized carbons (Fsp3) is 0.0667. The van der Waals surface area contributed by atoms with Gasteiger partial charge in [0.1, 0.15) is 11.2 Å². The molecule has 100 valence electrons. The van der Waals surface area contributed by atoms with Crippen molar-refractivity contribution in [3.05, 3.63) is 57.2 Å². The van der Waals surface area contributed by atoms with E-state index in [4.69, 9.17) is 21.1 Å². The third kappa shape index (κ3) is 1.94. The lowest BCUT2D eigenvalue weighted by Crippen LogP contribution is -2.06. The van der Waals surface area contributed by atoms with Crippen molar-refractivity contribution in [1.29, 1.82) is 0 Å². The van der Waals surface area contributed by atoms with Crippen LogP contribution in [0.1, 0.15) is 5.56 Å². The van der Waals surface area contributed by atoms with E-state index in [0.717, 1.165) is 0 Å². The van der Waals surface area contributed by atoms with Crippen LogP contribution in [-0.4, -0.2) is 11.1 Å². The number of fused-ring (bicyclic) bond motifs is 2. The molecule has 0 bridgehead atoms. The van der Waals surface area contributed by atoms with Crippen molar-refractivity contribution < 1.29 is 14.3 Å². The SMILES string of the molecule is O=C(O)Cc1c(Cl)ccc2c(=O)c3ccccc3oc12. The van der Waals surface area contributed by atoms with Gasteiger partial charge in [0.15, 0.2) is 0 Å². The van der Waals surface area contributed by atoms with Gasteiger partial charge in [-0.15, -0.1) is 0 Å². The minimum atomic E-state index is -1.03. The van der Waals surface area contributed by atoms with E-state index >= 15 is 0 Å². The molecular formula is C15H9ClO4. The molecule has 1 N–H and O–H groups in total. The zero-order valence-corrected chi connectivity index (χ0v) is 11.0. The summed E-state index contributed by atoms with van der Waals surface area (Å²) < 4.78 is 5.69. The van der Waals surface area contributed by atoms with Crippen molar-refractivity contribution in [2.45, 2.75) is 6.42 Å². The van der Waals surface area contributed by atoms with Gasteiger partial charge in [0, 0.05) is 10.6 Å². The van der Waals surface area contributed by atoms with Crippen LogP contribution in [0.25, 0.3) is 21.9 Å². The zero-order valence-electron chi connectivity index (χ0n) is 10.2. The summed E-state index contributed by atoms with van der Waals surface area (Å²) in [6.07, 6.45) is -0.294. The van der Waals surface area contributed by atoms with E-state index in [1.54, 1.807) is 30.3 Å². The molecule has 0 aliphatic carbocycles. The Morgan fingerprint density at radius 3 is 2.65 bits per heavy atom. The predicted octanol–water partition coefficient (Wildman–Crippen LogP) is 3.23. The van der Waals surface area contributed by atoms with Gasteiger partial charge in [0.2, 0.25) is 5.43 Å². The predicted molar refractivity (Wildman–Crippen MR) is 76.3 cm³/mol. The molecule has 5 heteroatoms. The van der Waals surface area contributed by atoms with Gasteiger partial charge in [-0.1, -0.05) is 23.7 Å². The Balaban J connectivity index is 2.48.